The van der Waals surface area contributed by atoms with Gasteiger partial charge in [0.25, 0.3) is 0 Å². The van der Waals surface area contributed by atoms with Crippen LogP contribution in [0.5, 0.6) is 0 Å². The molecule has 0 atom stereocenters. The topological polar surface area (TPSA) is 0 Å². The zero-order valence-electron chi connectivity index (χ0n) is 34.4. The third kappa shape index (κ3) is 4.60. The lowest BCUT2D eigenvalue weighted by Crippen LogP contribution is -2.26. The molecule has 1 spiro atoms. The highest BCUT2D eigenvalue weighted by molar-refractivity contribution is 6.23. The summed E-state index contributed by atoms with van der Waals surface area (Å²) in [5.41, 5.74) is 17.9. The Morgan fingerprint density at radius 1 is 0.222 bits per heavy atom. The van der Waals surface area contributed by atoms with Crippen molar-refractivity contribution < 1.29 is 0 Å². The van der Waals surface area contributed by atoms with Crippen LogP contribution in [-0.2, 0) is 5.41 Å². The lowest BCUT2D eigenvalue weighted by atomic mass is 9.68. The molecule has 0 saturated carbocycles. The van der Waals surface area contributed by atoms with E-state index in [-0.39, 0.29) is 0 Å². The van der Waals surface area contributed by atoms with Gasteiger partial charge in [0.1, 0.15) is 0 Å². The van der Waals surface area contributed by atoms with Crippen molar-refractivity contribution in [2.45, 2.75) is 5.41 Å². The Morgan fingerprint density at radius 3 is 1.24 bits per heavy atom. The summed E-state index contributed by atoms with van der Waals surface area (Å²) in [6, 6.07) is 86.4. The Labute approximate surface area is 366 Å². The van der Waals surface area contributed by atoms with Crippen LogP contribution < -0.4 is 0 Å². The van der Waals surface area contributed by atoms with Crippen molar-refractivity contribution in [2.75, 3.05) is 0 Å². The Balaban J connectivity index is 0.979. The van der Waals surface area contributed by atoms with Gasteiger partial charge in [-0.2, -0.15) is 0 Å². The molecule has 12 aromatic carbocycles. The number of hydrogen-bond donors (Lipinski definition) is 0. The molecular weight excluding hydrogens is 757 g/mol. The van der Waals surface area contributed by atoms with Gasteiger partial charge >= 0.3 is 0 Å². The highest BCUT2D eigenvalue weighted by atomic mass is 14.5. The molecule has 0 aromatic heterocycles. The van der Waals surface area contributed by atoms with Gasteiger partial charge in [0.2, 0.25) is 0 Å². The second-order valence-electron chi connectivity index (χ2n) is 17.4. The SMILES string of the molecule is c1ccc(-c2c3ccccc3c(-c3ccc(-c4ccc5c6c(ccc5c4)-c4c(c5ccccc5c5ccccc45)C64c5ccccc5-c5ccccc54)cc3)c3ccccc23)cc1. The molecule has 12 aromatic rings. The van der Waals surface area contributed by atoms with Crippen LogP contribution in [0.2, 0.25) is 0 Å². The minimum Gasteiger partial charge on any atom is -0.0622 e. The summed E-state index contributed by atoms with van der Waals surface area (Å²) in [5.74, 6) is 0. The first-order valence-electron chi connectivity index (χ1n) is 22.1. The molecule has 0 bridgehead atoms. The number of hydrogen-bond acceptors (Lipinski definition) is 0. The molecule has 63 heavy (non-hydrogen) atoms. The van der Waals surface area contributed by atoms with Crippen molar-refractivity contribution >= 4 is 53.9 Å². The largest absolute Gasteiger partial charge is 0.0737 e. The highest BCUT2D eigenvalue weighted by Crippen LogP contribution is 2.66. The van der Waals surface area contributed by atoms with Gasteiger partial charge in [0, 0.05) is 0 Å². The Morgan fingerprint density at radius 2 is 0.651 bits per heavy atom. The van der Waals surface area contributed by atoms with Gasteiger partial charge in [0.05, 0.1) is 5.41 Å². The van der Waals surface area contributed by atoms with Crippen molar-refractivity contribution in [3.05, 3.63) is 253 Å². The second kappa shape index (κ2) is 13.0. The van der Waals surface area contributed by atoms with Crippen molar-refractivity contribution in [3.8, 4) is 55.6 Å². The standard InChI is InChI=1S/C63H38/c1-2-16-40(17-3-1)58-50-23-7-9-25-52(50)59(53-26-10-8-24-51(53)58)41-32-30-39(31-33-41)42-34-36-44-43(38-42)35-37-55-60-49-22-6-4-18-45(49)46-19-5-11-27-54(46)62(60)63(61(44)55)56-28-14-12-20-47(56)48-21-13-15-29-57(48)63/h1-38H. The Bertz CT molecular complexity index is 3790. The monoisotopic (exact) mass is 794 g/mol. The van der Waals surface area contributed by atoms with Gasteiger partial charge < -0.3 is 0 Å². The first-order valence-corrected chi connectivity index (χ1v) is 22.1. The molecular formula is C63H38. The third-order valence-corrected chi connectivity index (χ3v) is 14.4. The molecule has 2 aliphatic carbocycles. The normalized spacial score (nSPS) is 13.2. The van der Waals surface area contributed by atoms with Gasteiger partial charge in [-0.1, -0.05) is 224 Å². The van der Waals surface area contributed by atoms with E-state index in [9.17, 15) is 0 Å². The molecule has 0 unspecified atom stereocenters. The molecule has 0 radical (unpaired) electrons. The zero-order valence-corrected chi connectivity index (χ0v) is 34.4. The molecule has 2 aliphatic rings. The van der Waals surface area contributed by atoms with Gasteiger partial charge in [0.15, 0.2) is 0 Å². The quantitative estimate of drug-likeness (QED) is 0.123. The van der Waals surface area contributed by atoms with Crippen molar-refractivity contribution in [1.82, 2.24) is 0 Å². The number of fused-ring (bicyclic) bond motifs is 19. The molecule has 0 N–H and O–H groups in total. The summed E-state index contributed by atoms with van der Waals surface area (Å²) >= 11 is 0. The molecule has 0 aliphatic heterocycles. The minimum absolute atomic E-state index is 0.480. The predicted molar refractivity (Wildman–Crippen MR) is 267 cm³/mol. The maximum atomic E-state index is 2.43. The maximum absolute atomic E-state index is 2.43. The van der Waals surface area contributed by atoms with E-state index in [1.165, 1.54) is 132 Å². The van der Waals surface area contributed by atoms with Crippen LogP contribution in [0, 0.1) is 0 Å². The van der Waals surface area contributed by atoms with E-state index in [1.807, 2.05) is 0 Å². The third-order valence-electron chi connectivity index (χ3n) is 14.4. The van der Waals surface area contributed by atoms with E-state index in [2.05, 4.69) is 231 Å². The highest BCUT2D eigenvalue weighted by Gasteiger charge is 2.53. The zero-order chi connectivity index (χ0) is 41.2. The van der Waals surface area contributed by atoms with Crippen molar-refractivity contribution in [1.29, 1.82) is 0 Å². The fourth-order valence-electron chi connectivity index (χ4n) is 12.0. The van der Waals surface area contributed by atoms with Crippen molar-refractivity contribution in [3.63, 3.8) is 0 Å². The fourth-order valence-corrected chi connectivity index (χ4v) is 12.0. The van der Waals surface area contributed by atoms with E-state index >= 15 is 0 Å². The molecule has 0 fully saturated rings. The molecule has 0 heterocycles. The van der Waals surface area contributed by atoms with E-state index < -0.39 is 5.41 Å². The van der Waals surface area contributed by atoms with E-state index in [1.54, 1.807) is 0 Å². The lowest BCUT2D eigenvalue weighted by Gasteiger charge is -2.32. The molecule has 290 valence electrons. The first kappa shape index (κ1) is 34.6. The van der Waals surface area contributed by atoms with Crippen LogP contribution in [0.25, 0.3) is 109 Å². The summed E-state index contributed by atoms with van der Waals surface area (Å²) in [5, 5.41) is 12.9. The van der Waals surface area contributed by atoms with Crippen LogP contribution in [0.15, 0.2) is 231 Å². The van der Waals surface area contributed by atoms with Crippen molar-refractivity contribution in [2.24, 2.45) is 0 Å². The second-order valence-corrected chi connectivity index (χ2v) is 17.4. The summed E-state index contributed by atoms with van der Waals surface area (Å²) in [7, 11) is 0. The van der Waals surface area contributed by atoms with E-state index in [0.29, 0.717) is 0 Å². The smallest absolute Gasteiger partial charge is 0.0622 e. The first-order chi connectivity index (χ1) is 31.3. The van der Waals surface area contributed by atoms with E-state index in [4.69, 9.17) is 0 Å². The average molecular weight is 795 g/mol. The minimum atomic E-state index is -0.480. The summed E-state index contributed by atoms with van der Waals surface area (Å²) in [6.07, 6.45) is 0. The predicted octanol–water partition coefficient (Wildman–Crippen LogP) is 16.8. The summed E-state index contributed by atoms with van der Waals surface area (Å²) in [4.78, 5) is 0. The fraction of sp³-hybridized carbons (Fsp3) is 0.0159. The molecule has 0 amide bonds. The van der Waals surface area contributed by atoms with Crippen LogP contribution in [0.1, 0.15) is 22.3 Å². The van der Waals surface area contributed by atoms with Crippen LogP contribution in [-0.4, -0.2) is 0 Å². The van der Waals surface area contributed by atoms with Gasteiger partial charge in [-0.15, -0.1) is 0 Å². The van der Waals surface area contributed by atoms with E-state index in [0.717, 1.165) is 0 Å². The number of rotatable bonds is 3. The molecule has 0 nitrogen and oxygen atoms in total. The van der Waals surface area contributed by atoms with Crippen LogP contribution >= 0.6 is 0 Å². The van der Waals surface area contributed by atoms with Crippen LogP contribution in [0.4, 0.5) is 0 Å². The maximum Gasteiger partial charge on any atom is 0.0737 e. The Kier molecular flexibility index (Phi) is 7.13. The lowest BCUT2D eigenvalue weighted by molar-refractivity contribution is 0.809. The van der Waals surface area contributed by atoms with Gasteiger partial charge in [-0.3, -0.25) is 0 Å². The Hall–Kier alpha value is -8.06. The number of benzene rings is 12. The summed E-state index contributed by atoms with van der Waals surface area (Å²) in [6.45, 7) is 0. The van der Waals surface area contributed by atoms with Gasteiger partial charge in [-0.05, 0) is 138 Å². The molecule has 14 rings (SSSR count). The molecule has 0 heteroatoms. The average Bonchev–Trinajstić information content (AvgIpc) is 3.84. The van der Waals surface area contributed by atoms with Gasteiger partial charge in [-0.25, -0.2) is 0 Å². The molecule has 0 saturated heterocycles. The summed E-state index contributed by atoms with van der Waals surface area (Å²) < 4.78 is 0. The van der Waals surface area contributed by atoms with Crippen LogP contribution in [0.3, 0.4) is 0 Å².